The third kappa shape index (κ3) is 4.57. The summed E-state index contributed by atoms with van der Waals surface area (Å²) in [6, 6.07) is 12.9. The van der Waals surface area contributed by atoms with Gasteiger partial charge in [0.1, 0.15) is 5.82 Å². The van der Waals surface area contributed by atoms with E-state index in [-0.39, 0.29) is 29.5 Å². The average Bonchev–Trinajstić information content (AvgIpc) is 2.73. The van der Waals surface area contributed by atoms with Crippen molar-refractivity contribution in [1.29, 1.82) is 0 Å². The molecule has 0 aromatic heterocycles. The Morgan fingerprint density at radius 1 is 1.18 bits per heavy atom. The molecule has 3 rings (SSSR count). The van der Waals surface area contributed by atoms with Gasteiger partial charge >= 0.3 is 0 Å². The lowest BCUT2D eigenvalue weighted by atomic mass is 10.0. The number of hydrogen-bond acceptors (Lipinski definition) is 4. The Morgan fingerprint density at radius 2 is 1.86 bits per heavy atom. The zero-order valence-electron chi connectivity index (χ0n) is 15.6. The monoisotopic (exact) mass is 406 g/mol. The van der Waals surface area contributed by atoms with E-state index in [4.69, 9.17) is 4.74 Å². The number of halogens is 1. The quantitative estimate of drug-likeness (QED) is 0.799. The highest BCUT2D eigenvalue weighted by molar-refractivity contribution is 7.89. The predicted molar refractivity (Wildman–Crippen MR) is 103 cm³/mol. The normalized spacial score (nSPS) is 16.5. The van der Waals surface area contributed by atoms with Gasteiger partial charge < -0.3 is 10.1 Å². The molecule has 1 aliphatic heterocycles. The Hall–Kier alpha value is -2.29. The van der Waals surface area contributed by atoms with Crippen LogP contribution in [0.3, 0.4) is 0 Å². The maximum Gasteiger partial charge on any atom is 0.254 e. The number of sulfonamides is 1. The lowest BCUT2D eigenvalue weighted by Gasteiger charge is -2.26. The molecule has 0 radical (unpaired) electrons. The smallest absolute Gasteiger partial charge is 0.254 e. The van der Waals surface area contributed by atoms with Crippen molar-refractivity contribution in [3.8, 4) is 0 Å². The average molecular weight is 406 g/mol. The highest BCUT2D eigenvalue weighted by Gasteiger charge is 2.28. The number of rotatable bonds is 6. The van der Waals surface area contributed by atoms with Gasteiger partial charge in [0.15, 0.2) is 0 Å². The molecule has 1 aliphatic rings. The Bertz CT molecular complexity index is 928. The van der Waals surface area contributed by atoms with Crippen molar-refractivity contribution in [1.82, 2.24) is 9.62 Å². The van der Waals surface area contributed by atoms with E-state index in [1.165, 1.54) is 10.4 Å². The molecule has 0 bridgehead atoms. The van der Waals surface area contributed by atoms with E-state index in [2.05, 4.69) is 5.32 Å². The zero-order valence-corrected chi connectivity index (χ0v) is 16.4. The molecule has 0 aliphatic carbocycles. The number of nitrogens with zero attached hydrogens (tertiary/aromatic N) is 1. The van der Waals surface area contributed by atoms with Crippen molar-refractivity contribution < 1.29 is 22.3 Å². The largest absolute Gasteiger partial charge is 0.379 e. The molecule has 1 unspecified atom stereocenters. The minimum Gasteiger partial charge on any atom is -0.379 e. The fraction of sp³-hybridized carbons (Fsp3) is 0.350. The molecule has 1 N–H and O–H groups in total. The van der Waals surface area contributed by atoms with Crippen LogP contribution in [0.1, 0.15) is 28.8 Å². The topological polar surface area (TPSA) is 75.7 Å². The molecule has 0 spiro atoms. The molecular weight excluding hydrogens is 383 g/mol. The molecule has 6 nitrogen and oxygen atoms in total. The van der Waals surface area contributed by atoms with E-state index in [0.717, 1.165) is 17.7 Å². The van der Waals surface area contributed by atoms with E-state index in [1.54, 1.807) is 0 Å². The van der Waals surface area contributed by atoms with E-state index < -0.39 is 21.7 Å². The van der Waals surface area contributed by atoms with Gasteiger partial charge in [-0.15, -0.1) is 0 Å². The Balaban J connectivity index is 1.74. The van der Waals surface area contributed by atoms with Crippen LogP contribution in [0.4, 0.5) is 4.39 Å². The summed E-state index contributed by atoms with van der Waals surface area (Å²) in [5, 5.41) is 2.69. The van der Waals surface area contributed by atoms with Gasteiger partial charge in [-0.25, -0.2) is 12.8 Å². The van der Waals surface area contributed by atoms with Gasteiger partial charge in [0.05, 0.1) is 23.7 Å². The van der Waals surface area contributed by atoms with Crippen LogP contribution in [0.15, 0.2) is 53.4 Å². The number of carbonyl (C=O) groups excluding carboxylic acids is 1. The molecule has 2 aromatic rings. The van der Waals surface area contributed by atoms with Crippen LogP contribution >= 0.6 is 0 Å². The third-order valence-electron chi connectivity index (χ3n) is 4.73. The Morgan fingerprint density at radius 3 is 2.54 bits per heavy atom. The number of hydrogen-bond donors (Lipinski definition) is 1. The van der Waals surface area contributed by atoms with Crippen LogP contribution in [-0.4, -0.2) is 51.5 Å². The lowest BCUT2D eigenvalue weighted by molar-refractivity contribution is 0.0730. The Kier molecular flexibility index (Phi) is 6.43. The molecule has 28 heavy (non-hydrogen) atoms. The second-order valence-corrected chi connectivity index (χ2v) is 8.62. The molecule has 1 heterocycles. The SMILES string of the molecule is CC(CNC(=O)c1cc(S(=O)(=O)N2CCOCC2)ccc1F)c1ccccc1. The number of nitrogens with one attached hydrogen (secondary N) is 1. The van der Waals surface area contributed by atoms with Crippen molar-refractivity contribution in [2.75, 3.05) is 32.8 Å². The van der Waals surface area contributed by atoms with E-state index in [0.29, 0.717) is 19.8 Å². The van der Waals surface area contributed by atoms with Gasteiger partial charge in [0, 0.05) is 19.6 Å². The summed E-state index contributed by atoms with van der Waals surface area (Å²) in [6.45, 7) is 3.34. The summed E-state index contributed by atoms with van der Waals surface area (Å²) in [7, 11) is -3.80. The molecule has 1 atom stereocenters. The van der Waals surface area contributed by atoms with Gasteiger partial charge in [-0.1, -0.05) is 37.3 Å². The molecule has 2 aromatic carbocycles. The molecule has 8 heteroatoms. The fourth-order valence-electron chi connectivity index (χ4n) is 3.02. The standard InChI is InChI=1S/C20H23FN2O4S/c1-15(16-5-3-2-4-6-16)14-22-20(24)18-13-17(7-8-19(18)21)28(25,26)23-9-11-27-12-10-23/h2-8,13,15H,9-12,14H2,1H3,(H,22,24). The lowest BCUT2D eigenvalue weighted by Crippen LogP contribution is -2.40. The van der Waals surface area contributed by atoms with Crippen molar-refractivity contribution in [2.24, 2.45) is 0 Å². The summed E-state index contributed by atoms with van der Waals surface area (Å²) < 4.78 is 46.1. The highest BCUT2D eigenvalue weighted by Crippen LogP contribution is 2.21. The van der Waals surface area contributed by atoms with Crippen LogP contribution in [0, 0.1) is 5.82 Å². The first kappa shape index (κ1) is 20.4. The van der Waals surface area contributed by atoms with Crippen LogP contribution < -0.4 is 5.32 Å². The summed E-state index contributed by atoms with van der Waals surface area (Å²) in [4.78, 5) is 12.4. The van der Waals surface area contributed by atoms with Crippen molar-refractivity contribution in [3.05, 3.63) is 65.5 Å². The van der Waals surface area contributed by atoms with Crippen LogP contribution in [0.5, 0.6) is 0 Å². The van der Waals surface area contributed by atoms with Gasteiger partial charge in [-0.3, -0.25) is 4.79 Å². The number of morpholine rings is 1. The van der Waals surface area contributed by atoms with Crippen molar-refractivity contribution >= 4 is 15.9 Å². The molecule has 1 saturated heterocycles. The fourth-order valence-corrected chi connectivity index (χ4v) is 4.45. The van der Waals surface area contributed by atoms with Crippen LogP contribution in [0.2, 0.25) is 0 Å². The van der Waals surface area contributed by atoms with E-state index in [9.17, 15) is 17.6 Å². The van der Waals surface area contributed by atoms with Gasteiger partial charge in [-0.2, -0.15) is 4.31 Å². The van der Waals surface area contributed by atoms with Crippen LogP contribution in [0.25, 0.3) is 0 Å². The second kappa shape index (κ2) is 8.81. The van der Waals surface area contributed by atoms with E-state index in [1.807, 2.05) is 37.3 Å². The number of ether oxygens (including phenoxy) is 1. The highest BCUT2D eigenvalue weighted by atomic mass is 32.2. The maximum atomic E-state index is 14.2. The van der Waals surface area contributed by atoms with Crippen molar-refractivity contribution in [3.63, 3.8) is 0 Å². The van der Waals surface area contributed by atoms with E-state index >= 15 is 0 Å². The first-order valence-electron chi connectivity index (χ1n) is 9.10. The summed E-state index contributed by atoms with van der Waals surface area (Å²) in [6.07, 6.45) is 0. The second-order valence-electron chi connectivity index (χ2n) is 6.68. The molecule has 150 valence electrons. The van der Waals surface area contributed by atoms with Gasteiger partial charge in [0.25, 0.3) is 5.91 Å². The minimum atomic E-state index is -3.80. The number of carbonyl (C=O) groups is 1. The van der Waals surface area contributed by atoms with Gasteiger partial charge in [-0.05, 0) is 29.7 Å². The maximum absolute atomic E-state index is 14.2. The number of benzene rings is 2. The first-order chi connectivity index (χ1) is 13.4. The van der Waals surface area contributed by atoms with Crippen molar-refractivity contribution in [2.45, 2.75) is 17.7 Å². The Labute approximate surface area is 164 Å². The zero-order chi connectivity index (χ0) is 20.1. The van der Waals surface area contributed by atoms with Crippen LogP contribution in [-0.2, 0) is 14.8 Å². The molecule has 1 amide bonds. The summed E-state index contributed by atoms with van der Waals surface area (Å²) in [5.74, 6) is -1.36. The summed E-state index contributed by atoms with van der Waals surface area (Å²) >= 11 is 0. The van der Waals surface area contributed by atoms with Gasteiger partial charge in [0.2, 0.25) is 10.0 Å². The molecule has 1 fully saturated rings. The molecule has 0 saturated carbocycles. The summed E-state index contributed by atoms with van der Waals surface area (Å²) in [5.41, 5.74) is 0.765. The minimum absolute atomic E-state index is 0.0356. The third-order valence-corrected chi connectivity index (χ3v) is 6.62. The number of amides is 1. The first-order valence-corrected chi connectivity index (χ1v) is 10.5. The molecular formula is C20H23FN2O4S. The predicted octanol–water partition coefficient (Wildman–Crippen LogP) is 2.38.